The second kappa shape index (κ2) is 2.33. The highest BCUT2D eigenvalue weighted by Crippen LogP contribution is 2.23. The van der Waals surface area contributed by atoms with Crippen LogP contribution in [-0.4, -0.2) is 5.11 Å². The number of hydrogen-bond donors (Lipinski definition) is 1. The van der Waals surface area contributed by atoms with Gasteiger partial charge < -0.3 is 5.11 Å². The van der Waals surface area contributed by atoms with E-state index in [0.717, 1.165) is 16.7 Å². The van der Waals surface area contributed by atoms with E-state index in [1.807, 2.05) is 26.0 Å². The Bertz CT molecular complexity index is 224. The monoisotopic (exact) mass is 135 g/mol. The summed E-state index contributed by atoms with van der Waals surface area (Å²) in [6.07, 6.45) is 0. The number of rotatable bonds is 0. The van der Waals surface area contributed by atoms with Gasteiger partial charge in [-0.05, 0) is 37.5 Å². The Labute approximate surface area is 61.3 Å². The van der Waals surface area contributed by atoms with Crippen LogP contribution in [0.15, 0.2) is 12.1 Å². The van der Waals surface area contributed by atoms with Crippen LogP contribution in [0.1, 0.15) is 16.7 Å². The molecule has 0 heterocycles. The third-order valence-corrected chi connectivity index (χ3v) is 1.74. The second-order valence-corrected chi connectivity index (χ2v) is 2.52. The molecule has 53 valence electrons. The molecule has 0 saturated heterocycles. The standard InChI is InChI=1S/C9H11O/c1-6-4-5-7(2)9(10)8(6)3/h4-5,10H,1H2,2-3H3. The Kier molecular flexibility index (Phi) is 1.66. The van der Waals surface area contributed by atoms with E-state index in [-0.39, 0.29) is 0 Å². The molecule has 1 aromatic rings. The molecule has 1 radical (unpaired) electrons. The van der Waals surface area contributed by atoms with Gasteiger partial charge in [0.25, 0.3) is 0 Å². The molecule has 1 aromatic carbocycles. The van der Waals surface area contributed by atoms with Gasteiger partial charge in [0.2, 0.25) is 0 Å². The van der Waals surface area contributed by atoms with Gasteiger partial charge in [0.1, 0.15) is 5.75 Å². The lowest BCUT2D eigenvalue weighted by atomic mass is 10.1. The maximum Gasteiger partial charge on any atom is 0.121 e. The van der Waals surface area contributed by atoms with Crippen LogP contribution in [0, 0.1) is 20.8 Å². The molecule has 0 bridgehead atoms. The van der Waals surface area contributed by atoms with Gasteiger partial charge in [0.05, 0.1) is 0 Å². The molecular weight excluding hydrogens is 124 g/mol. The van der Waals surface area contributed by atoms with Crippen molar-refractivity contribution >= 4 is 0 Å². The number of benzene rings is 1. The van der Waals surface area contributed by atoms with Gasteiger partial charge in [-0.15, -0.1) is 0 Å². The quantitative estimate of drug-likeness (QED) is 0.578. The van der Waals surface area contributed by atoms with Crippen LogP contribution in [0.2, 0.25) is 0 Å². The maximum absolute atomic E-state index is 9.35. The highest BCUT2D eigenvalue weighted by molar-refractivity contribution is 5.44. The maximum atomic E-state index is 9.35. The average molecular weight is 135 g/mol. The topological polar surface area (TPSA) is 20.2 Å². The lowest BCUT2D eigenvalue weighted by molar-refractivity contribution is 0.466. The summed E-state index contributed by atoms with van der Waals surface area (Å²) in [6, 6.07) is 3.77. The summed E-state index contributed by atoms with van der Waals surface area (Å²) in [4.78, 5) is 0. The van der Waals surface area contributed by atoms with Crippen molar-refractivity contribution in [2.75, 3.05) is 0 Å². The summed E-state index contributed by atoms with van der Waals surface area (Å²) in [5, 5.41) is 9.35. The molecular formula is C9H11O. The molecule has 0 aliphatic heterocycles. The van der Waals surface area contributed by atoms with Gasteiger partial charge >= 0.3 is 0 Å². The highest BCUT2D eigenvalue weighted by atomic mass is 16.3. The highest BCUT2D eigenvalue weighted by Gasteiger charge is 2.00. The molecule has 0 fully saturated rings. The zero-order valence-electron chi connectivity index (χ0n) is 6.31. The molecule has 0 atom stereocenters. The predicted molar refractivity (Wildman–Crippen MR) is 42.0 cm³/mol. The Morgan fingerprint density at radius 3 is 2.40 bits per heavy atom. The van der Waals surface area contributed by atoms with E-state index < -0.39 is 0 Å². The Hall–Kier alpha value is -0.980. The fraction of sp³-hybridized carbons (Fsp3) is 0.222. The van der Waals surface area contributed by atoms with E-state index in [0.29, 0.717) is 5.75 Å². The lowest BCUT2D eigenvalue weighted by Crippen LogP contribution is -1.83. The Morgan fingerprint density at radius 2 is 1.90 bits per heavy atom. The van der Waals surface area contributed by atoms with Gasteiger partial charge in [0, 0.05) is 0 Å². The van der Waals surface area contributed by atoms with E-state index >= 15 is 0 Å². The third-order valence-electron chi connectivity index (χ3n) is 1.74. The molecule has 1 N–H and O–H groups in total. The number of aromatic hydroxyl groups is 1. The molecule has 0 aliphatic carbocycles. The van der Waals surface area contributed by atoms with Crippen molar-refractivity contribution in [3.63, 3.8) is 0 Å². The minimum atomic E-state index is 0.368. The van der Waals surface area contributed by atoms with Gasteiger partial charge in [-0.25, -0.2) is 0 Å². The van der Waals surface area contributed by atoms with Gasteiger partial charge in [-0.1, -0.05) is 12.1 Å². The van der Waals surface area contributed by atoms with Crippen LogP contribution >= 0.6 is 0 Å². The largest absolute Gasteiger partial charge is 0.507 e. The summed E-state index contributed by atoms with van der Waals surface area (Å²) >= 11 is 0. The molecule has 10 heavy (non-hydrogen) atoms. The molecule has 0 saturated carbocycles. The van der Waals surface area contributed by atoms with Crippen LogP contribution < -0.4 is 0 Å². The number of hydrogen-bond acceptors (Lipinski definition) is 1. The molecule has 0 amide bonds. The molecule has 0 unspecified atom stereocenters. The minimum Gasteiger partial charge on any atom is -0.507 e. The van der Waals surface area contributed by atoms with Crippen molar-refractivity contribution in [2.24, 2.45) is 0 Å². The zero-order chi connectivity index (χ0) is 7.72. The van der Waals surface area contributed by atoms with E-state index in [1.165, 1.54) is 0 Å². The third kappa shape index (κ3) is 0.991. The van der Waals surface area contributed by atoms with Gasteiger partial charge in [-0.2, -0.15) is 0 Å². The number of aryl methyl sites for hydroxylation is 1. The van der Waals surface area contributed by atoms with Gasteiger partial charge in [0.15, 0.2) is 0 Å². The van der Waals surface area contributed by atoms with Crippen LogP contribution in [0.5, 0.6) is 5.75 Å². The first kappa shape index (κ1) is 7.13. The summed E-state index contributed by atoms with van der Waals surface area (Å²) in [5.74, 6) is 0.368. The van der Waals surface area contributed by atoms with Gasteiger partial charge in [-0.3, -0.25) is 0 Å². The normalized spacial score (nSPS) is 9.90. The zero-order valence-corrected chi connectivity index (χ0v) is 6.31. The van der Waals surface area contributed by atoms with Crippen LogP contribution in [0.4, 0.5) is 0 Å². The number of phenols is 1. The molecule has 1 heteroatoms. The predicted octanol–water partition coefficient (Wildman–Crippen LogP) is 2.19. The lowest BCUT2D eigenvalue weighted by Gasteiger charge is -2.04. The van der Waals surface area contributed by atoms with Crippen molar-refractivity contribution in [1.82, 2.24) is 0 Å². The van der Waals surface area contributed by atoms with E-state index in [4.69, 9.17) is 0 Å². The van der Waals surface area contributed by atoms with E-state index in [9.17, 15) is 5.11 Å². The summed E-state index contributed by atoms with van der Waals surface area (Å²) < 4.78 is 0. The van der Waals surface area contributed by atoms with Crippen molar-refractivity contribution in [2.45, 2.75) is 13.8 Å². The fourth-order valence-electron chi connectivity index (χ4n) is 0.877. The average Bonchev–Trinajstić information content (AvgIpc) is 1.93. The van der Waals surface area contributed by atoms with Crippen molar-refractivity contribution in [3.8, 4) is 5.75 Å². The van der Waals surface area contributed by atoms with Crippen LogP contribution in [0.3, 0.4) is 0 Å². The van der Waals surface area contributed by atoms with Crippen LogP contribution in [0.25, 0.3) is 0 Å². The summed E-state index contributed by atoms with van der Waals surface area (Å²) in [7, 11) is 0. The van der Waals surface area contributed by atoms with Crippen molar-refractivity contribution in [3.05, 3.63) is 35.7 Å². The SMILES string of the molecule is [CH2]c1ccc(C)c(O)c1C. The first-order chi connectivity index (χ1) is 4.63. The molecule has 0 aliphatic rings. The first-order valence-corrected chi connectivity index (χ1v) is 3.24. The molecule has 0 aromatic heterocycles. The Balaban J connectivity index is 3.34. The summed E-state index contributed by atoms with van der Waals surface area (Å²) in [6.45, 7) is 7.50. The summed E-state index contributed by atoms with van der Waals surface area (Å²) in [5.41, 5.74) is 2.67. The van der Waals surface area contributed by atoms with E-state index in [1.54, 1.807) is 0 Å². The first-order valence-electron chi connectivity index (χ1n) is 3.24. The molecule has 1 rings (SSSR count). The van der Waals surface area contributed by atoms with Crippen molar-refractivity contribution in [1.29, 1.82) is 0 Å². The minimum absolute atomic E-state index is 0.368. The van der Waals surface area contributed by atoms with Crippen molar-refractivity contribution < 1.29 is 5.11 Å². The fourth-order valence-corrected chi connectivity index (χ4v) is 0.877. The number of phenolic OH excluding ortho intramolecular Hbond substituents is 1. The smallest absolute Gasteiger partial charge is 0.121 e. The Morgan fingerprint density at radius 1 is 1.30 bits per heavy atom. The second-order valence-electron chi connectivity index (χ2n) is 2.52. The molecule has 0 spiro atoms. The van der Waals surface area contributed by atoms with Crippen LogP contribution in [-0.2, 0) is 0 Å². The van der Waals surface area contributed by atoms with E-state index in [2.05, 4.69) is 6.92 Å². The molecule has 1 nitrogen and oxygen atoms in total.